The van der Waals surface area contributed by atoms with Gasteiger partial charge in [0, 0.05) is 6.54 Å². The van der Waals surface area contributed by atoms with E-state index < -0.39 is 0 Å². The lowest BCUT2D eigenvalue weighted by Crippen LogP contribution is -2.42. The molecule has 1 aliphatic heterocycles. The van der Waals surface area contributed by atoms with Crippen LogP contribution in [0.3, 0.4) is 0 Å². The molecule has 4 rings (SSSR count). The second kappa shape index (κ2) is 6.54. The molecule has 3 aromatic rings. The van der Waals surface area contributed by atoms with Crippen LogP contribution in [0.1, 0.15) is 24.6 Å². The minimum absolute atomic E-state index is 0.0237. The standard InChI is InChI=1S/C16H18N8O2/c1-11-7-22(8-15-19-18-12(2)24(11)15)16(25)9-26-14-5-3-13(4-6-14)23-10-17-20-21-23/h3-6,10-11H,7-9H2,1-2H3. The molecule has 10 heteroatoms. The minimum atomic E-state index is -0.0756. The van der Waals surface area contributed by atoms with Crippen molar-refractivity contribution >= 4 is 5.91 Å². The first-order valence-corrected chi connectivity index (χ1v) is 8.26. The molecule has 0 aliphatic carbocycles. The number of nitrogens with zero attached hydrogens (tertiary/aromatic N) is 8. The van der Waals surface area contributed by atoms with Crippen LogP contribution < -0.4 is 4.74 Å². The van der Waals surface area contributed by atoms with Gasteiger partial charge in [0.15, 0.2) is 12.4 Å². The van der Waals surface area contributed by atoms with Gasteiger partial charge in [-0.2, -0.15) is 0 Å². The first-order valence-electron chi connectivity index (χ1n) is 8.26. The number of carbonyl (C=O) groups excluding carboxylic acids is 1. The van der Waals surface area contributed by atoms with Gasteiger partial charge < -0.3 is 14.2 Å². The van der Waals surface area contributed by atoms with Crippen molar-refractivity contribution < 1.29 is 9.53 Å². The van der Waals surface area contributed by atoms with Gasteiger partial charge in [0.25, 0.3) is 5.91 Å². The highest BCUT2D eigenvalue weighted by atomic mass is 16.5. The van der Waals surface area contributed by atoms with Crippen LogP contribution in [0.25, 0.3) is 5.69 Å². The van der Waals surface area contributed by atoms with Crippen molar-refractivity contribution in [1.82, 2.24) is 39.9 Å². The summed E-state index contributed by atoms with van der Waals surface area (Å²) in [5.74, 6) is 2.21. The molecule has 3 heterocycles. The second-order valence-electron chi connectivity index (χ2n) is 6.19. The zero-order chi connectivity index (χ0) is 18.1. The first-order chi connectivity index (χ1) is 12.6. The Hall–Kier alpha value is -3.30. The third-order valence-corrected chi connectivity index (χ3v) is 4.36. The average Bonchev–Trinajstić information content (AvgIpc) is 3.30. The quantitative estimate of drug-likeness (QED) is 0.673. The summed E-state index contributed by atoms with van der Waals surface area (Å²) in [5.41, 5.74) is 0.813. The maximum Gasteiger partial charge on any atom is 0.260 e. The zero-order valence-electron chi connectivity index (χ0n) is 14.5. The monoisotopic (exact) mass is 354 g/mol. The molecule has 0 N–H and O–H groups in total. The largest absolute Gasteiger partial charge is 0.484 e. The van der Waals surface area contributed by atoms with Crippen molar-refractivity contribution in [3.05, 3.63) is 42.2 Å². The van der Waals surface area contributed by atoms with E-state index in [0.29, 0.717) is 18.8 Å². The van der Waals surface area contributed by atoms with Crippen molar-refractivity contribution in [2.24, 2.45) is 0 Å². The molecule has 134 valence electrons. The number of ether oxygens (including phenoxy) is 1. The van der Waals surface area contributed by atoms with Gasteiger partial charge in [-0.3, -0.25) is 4.79 Å². The molecule has 1 aromatic carbocycles. The van der Waals surface area contributed by atoms with Gasteiger partial charge in [-0.05, 0) is 48.5 Å². The highest BCUT2D eigenvalue weighted by Crippen LogP contribution is 2.21. The number of carbonyl (C=O) groups is 1. The Morgan fingerprint density at radius 3 is 2.81 bits per heavy atom. The molecule has 1 aliphatic rings. The number of hydrogen-bond acceptors (Lipinski definition) is 7. The predicted octanol–water partition coefficient (Wildman–Crippen LogP) is 0.544. The second-order valence-corrected chi connectivity index (χ2v) is 6.19. The number of rotatable bonds is 4. The fourth-order valence-electron chi connectivity index (χ4n) is 3.13. The van der Waals surface area contributed by atoms with E-state index in [1.54, 1.807) is 21.7 Å². The van der Waals surface area contributed by atoms with Gasteiger partial charge in [-0.15, -0.1) is 15.3 Å². The molecular weight excluding hydrogens is 336 g/mol. The topological polar surface area (TPSA) is 104 Å². The third kappa shape index (κ3) is 3.01. The van der Waals surface area contributed by atoms with Crippen LogP contribution in [0.4, 0.5) is 0 Å². The van der Waals surface area contributed by atoms with E-state index in [9.17, 15) is 4.79 Å². The van der Waals surface area contributed by atoms with Crippen LogP contribution in [0.2, 0.25) is 0 Å². The van der Waals surface area contributed by atoms with E-state index >= 15 is 0 Å². The van der Waals surface area contributed by atoms with Crippen LogP contribution in [0.5, 0.6) is 5.75 Å². The fourth-order valence-corrected chi connectivity index (χ4v) is 3.13. The van der Waals surface area contributed by atoms with Gasteiger partial charge in [0.2, 0.25) is 0 Å². The molecule has 0 saturated carbocycles. The van der Waals surface area contributed by atoms with Crippen molar-refractivity contribution in [1.29, 1.82) is 0 Å². The first kappa shape index (κ1) is 16.2. The van der Waals surface area contributed by atoms with Crippen molar-refractivity contribution in [2.75, 3.05) is 13.2 Å². The summed E-state index contributed by atoms with van der Waals surface area (Å²) in [4.78, 5) is 14.3. The van der Waals surface area contributed by atoms with Crippen molar-refractivity contribution in [3.63, 3.8) is 0 Å². The molecule has 26 heavy (non-hydrogen) atoms. The zero-order valence-corrected chi connectivity index (χ0v) is 14.5. The van der Waals surface area contributed by atoms with E-state index in [-0.39, 0.29) is 18.6 Å². The number of fused-ring (bicyclic) bond motifs is 1. The Bertz CT molecular complexity index is 903. The smallest absolute Gasteiger partial charge is 0.260 e. The predicted molar refractivity (Wildman–Crippen MR) is 89.5 cm³/mol. The molecule has 0 radical (unpaired) electrons. The molecule has 10 nitrogen and oxygen atoms in total. The number of benzene rings is 1. The summed E-state index contributed by atoms with van der Waals surface area (Å²) in [6.07, 6.45) is 1.51. The van der Waals surface area contributed by atoms with Gasteiger partial charge in [-0.1, -0.05) is 0 Å². The van der Waals surface area contributed by atoms with Crippen LogP contribution in [0, 0.1) is 6.92 Å². The number of tetrazole rings is 1. The highest BCUT2D eigenvalue weighted by molar-refractivity contribution is 5.77. The van der Waals surface area contributed by atoms with Gasteiger partial charge in [-0.25, -0.2) is 4.68 Å². The van der Waals surface area contributed by atoms with Gasteiger partial charge >= 0.3 is 0 Å². The number of hydrogen-bond donors (Lipinski definition) is 0. The Kier molecular flexibility index (Phi) is 4.07. The summed E-state index contributed by atoms with van der Waals surface area (Å²) >= 11 is 0. The molecule has 0 spiro atoms. The van der Waals surface area contributed by atoms with E-state index in [2.05, 4.69) is 37.2 Å². The summed E-state index contributed by atoms with van der Waals surface area (Å²) < 4.78 is 9.24. The number of amides is 1. The normalized spacial score (nSPS) is 16.4. The van der Waals surface area contributed by atoms with Crippen LogP contribution in [-0.4, -0.2) is 58.9 Å². The lowest BCUT2D eigenvalue weighted by molar-refractivity contribution is -0.135. The molecule has 1 amide bonds. The van der Waals surface area contributed by atoms with Crippen molar-refractivity contribution in [2.45, 2.75) is 26.4 Å². The van der Waals surface area contributed by atoms with Crippen molar-refractivity contribution in [3.8, 4) is 11.4 Å². The summed E-state index contributed by atoms with van der Waals surface area (Å²) in [6, 6.07) is 7.36. The summed E-state index contributed by atoms with van der Waals surface area (Å²) in [6.45, 7) is 5.02. The van der Waals surface area contributed by atoms with Crippen LogP contribution in [-0.2, 0) is 11.3 Å². The molecule has 0 saturated heterocycles. The van der Waals surface area contributed by atoms with Crippen LogP contribution >= 0.6 is 0 Å². The third-order valence-electron chi connectivity index (χ3n) is 4.36. The van der Waals surface area contributed by atoms with Crippen LogP contribution in [0.15, 0.2) is 30.6 Å². The molecule has 0 fully saturated rings. The lowest BCUT2D eigenvalue weighted by atomic mass is 10.2. The summed E-state index contributed by atoms with van der Waals surface area (Å²) in [5, 5.41) is 19.3. The Morgan fingerprint density at radius 1 is 1.27 bits per heavy atom. The number of aryl methyl sites for hydroxylation is 1. The molecule has 2 aromatic heterocycles. The van der Waals surface area contributed by atoms with E-state index in [1.165, 1.54) is 6.33 Å². The van der Waals surface area contributed by atoms with E-state index in [4.69, 9.17) is 4.74 Å². The maximum absolute atomic E-state index is 12.5. The average molecular weight is 354 g/mol. The summed E-state index contributed by atoms with van der Waals surface area (Å²) in [7, 11) is 0. The Labute approximate surface area is 149 Å². The molecular formula is C16H18N8O2. The maximum atomic E-state index is 12.5. The Morgan fingerprint density at radius 2 is 2.08 bits per heavy atom. The Balaban J connectivity index is 1.37. The van der Waals surface area contributed by atoms with E-state index in [0.717, 1.165) is 17.3 Å². The highest BCUT2D eigenvalue weighted by Gasteiger charge is 2.28. The van der Waals surface area contributed by atoms with Gasteiger partial charge in [0.1, 0.15) is 17.9 Å². The molecule has 1 unspecified atom stereocenters. The minimum Gasteiger partial charge on any atom is -0.484 e. The number of aromatic nitrogens is 7. The molecule has 0 bridgehead atoms. The van der Waals surface area contributed by atoms with Gasteiger partial charge in [0.05, 0.1) is 18.3 Å². The molecule has 1 atom stereocenters. The lowest BCUT2D eigenvalue weighted by Gasteiger charge is -2.32. The van der Waals surface area contributed by atoms with E-state index in [1.807, 2.05) is 19.1 Å². The SMILES string of the molecule is Cc1nnc2n1C(C)CN(C(=O)COc1ccc(-n3cnnn3)cc1)C2. The fraction of sp³-hybridized carbons (Fsp3) is 0.375.